The zero-order valence-corrected chi connectivity index (χ0v) is 18.1. The Morgan fingerprint density at radius 2 is 1.97 bits per heavy atom. The first-order valence-electron chi connectivity index (χ1n) is 9.38. The minimum atomic E-state index is -1.74. The number of aromatic nitrogens is 5. The monoisotopic (exact) mass is 458 g/mol. The van der Waals surface area contributed by atoms with E-state index in [9.17, 15) is 24.6 Å². The number of carbonyl (C=O) groups excluding carboxylic acids is 1. The first kappa shape index (κ1) is 21.5. The average Bonchev–Trinajstić information content (AvgIpc) is 2.96. The molecule has 13 heteroatoms. The third-order valence-electron chi connectivity index (χ3n) is 4.99. The van der Waals surface area contributed by atoms with Crippen molar-refractivity contribution in [1.29, 1.82) is 0 Å². The Hall–Kier alpha value is -3.74. The van der Waals surface area contributed by atoms with Gasteiger partial charge in [0.1, 0.15) is 16.6 Å². The minimum absolute atomic E-state index is 0.0264. The number of amides is 2. The highest BCUT2D eigenvalue weighted by atomic mass is 32.2. The van der Waals surface area contributed by atoms with E-state index in [4.69, 9.17) is 4.74 Å². The number of carbonyl (C=O) groups is 3. The third kappa shape index (κ3) is 3.60. The van der Waals surface area contributed by atoms with Gasteiger partial charge in [0.25, 0.3) is 0 Å². The van der Waals surface area contributed by atoms with Crippen LogP contribution in [0.4, 0.5) is 15.5 Å². The van der Waals surface area contributed by atoms with E-state index in [1.165, 1.54) is 4.68 Å². The molecular weight excluding hydrogens is 440 g/mol. The number of ether oxygens (including phenoxy) is 1. The first-order valence-corrected chi connectivity index (χ1v) is 10.4. The molecule has 0 aliphatic carbocycles. The van der Waals surface area contributed by atoms with Crippen LogP contribution in [0.15, 0.2) is 11.2 Å². The highest BCUT2D eigenvalue weighted by Gasteiger charge is 2.30. The summed E-state index contributed by atoms with van der Waals surface area (Å²) >= 11 is 1.09. The summed E-state index contributed by atoms with van der Waals surface area (Å²) in [5, 5.41) is 24.0. The van der Waals surface area contributed by atoms with E-state index >= 15 is 0 Å². The molecule has 3 aromatic heterocycles. The highest BCUT2D eigenvalue weighted by Crippen LogP contribution is 2.34. The highest BCUT2D eigenvalue weighted by molar-refractivity contribution is 8.00. The topological polar surface area (TPSA) is 161 Å². The number of anilines is 1. The second kappa shape index (κ2) is 8.07. The van der Waals surface area contributed by atoms with E-state index < -0.39 is 18.1 Å². The average molecular weight is 458 g/mol. The predicted molar refractivity (Wildman–Crippen MR) is 113 cm³/mol. The molecule has 166 valence electrons. The molecule has 0 fully saturated rings. The van der Waals surface area contributed by atoms with Crippen LogP contribution in [0.5, 0.6) is 5.75 Å². The fraction of sp³-hybridized carbons (Fsp3) is 0.316. The summed E-state index contributed by atoms with van der Waals surface area (Å²) in [5.74, 6) is 0.171. The number of nitrogens with zero attached hydrogens (tertiary/aromatic N) is 6. The molecule has 3 aromatic rings. The van der Waals surface area contributed by atoms with Crippen molar-refractivity contribution in [2.24, 2.45) is 0 Å². The maximum Gasteiger partial charge on any atom is 0.424 e. The molecule has 12 nitrogen and oxygen atoms in total. The number of carboxylic acid groups (broad SMARTS) is 2. The molecule has 32 heavy (non-hydrogen) atoms. The minimum Gasteiger partial charge on any atom is -0.496 e. The van der Waals surface area contributed by atoms with Crippen LogP contribution in [0.2, 0.25) is 0 Å². The number of methoxy groups -OCH3 is 1. The molecule has 0 saturated carbocycles. The van der Waals surface area contributed by atoms with Gasteiger partial charge in [-0.05, 0) is 13.8 Å². The zero-order valence-electron chi connectivity index (χ0n) is 17.3. The SMILES string of the molecule is COc1c(C)cnc(Cn2nc3c4c(nc(N(C(=O)O)C(=O)O)nc42)SCC(=O)C3)c1C. The van der Waals surface area contributed by atoms with E-state index in [0.717, 1.165) is 22.9 Å². The Labute approximate surface area is 185 Å². The van der Waals surface area contributed by atoms with Crippen molar-refractivity contribution in [2.45, 2.75) is 31.8 Å². The second-order valence-electron chi connectivity index (χ2n) is 7.08. The standard InChI is InChI=1S/C19H18N6O6S/c1-8-5-20-12(9(2)14(8)31-3)6-24-15-13-11(23-24)4-10(26)7-32-16(13)22-17(21-15)25(18(27)28)19(29)30/h5H,4,6-7H2,1-3H3,(H,27,28)(H,29,30). The molecule has 2 N–H and O–H groups in total. The van der Waals surface area contributed by atoms with Crippen LogP contribution in [-0.2, 0) is 17.8 Å². The number of Topliss-reactive ketones (excluding diaryl/α,β-unsaturated/α-hetero) is 1. The Kier molecular flexibility index (Phi) is 5.42. The maximum atomic E-state index is 12.2. The molecule has 4 rings (SSSR count). The molecule has 0 unspecified atom stereocenters. The van der Waals surface area contributed by atoms with Crippen LogP contribution in [0.3, 0.4) is 0 Å². The number of aryl methyl sites for hydroxylation is 1. The van der Waals surface area contributed by atoms with Crippen molar-refractivity contribution < 1.29 is 29.3 Å². The van der Waals surface area contributed by atoms with Gasteiger partial charge in [0.2, 0.25) is 5.95 Å². The predicted octanol–water partition coefficient (Wildman–Crippen LogP) is 2.27. The van der Waals surface area contributed by atoms with Crippen molar-refractivity contribution in [3.8, 4) is 5.75 Å². The summed E-state index contributed by atoms with van der Waals surface area (Å²) in [5.41, 5.74) is 2.96. The van der Waals surface area contributed by atoms with Crippen molar-refractivity contribution in [1.82, 2.24) is 24.7 Å². The molecule has 1 aliphatic heterocycles. The van der Waals surface area contributed by atoms with Crippen LogP contribution < -0.4 is 9.64 Å². The Morgan fingerprint density at radius 1 is 1.25 bits per heavy atom. The number of hydrogen-bond donors (Lipinski definition) is 2. The van der Waals surface area contributed by atoms with Gasteiger partial charge >= 0.3 is 12.2 Å². The third-order valence-corrected chi connectivity index (χ3v) is 6.02. The number of ketones is 1. The summed E-state index contributed by atoms with van der Waals surface area (Å²) in [6.45, 7) is 3.87. The second-order valence-corrected chi connectivity index (χ2v) is 8.05. The molecule has 0 saturated heterocycles. The number of pyridine rings is 1. The molecule has 4 heterocycles. The molecule has 1 aliphatic rings. The number of thioether (sulfide) groups is 1. The molecule has 0 aromatic carbocycles. The van der Waals surface area contributed by atoms with Gasteiger partial charge in [-0.1, -0.05) is 11.8 Å². The van der Waals surface area contributed by atoms with Crippen LogP contribution in [0.25, 0.3) is 11.0 Å². The molecule has 0 spiro atoms. The lowest BCUT2D eigenvalue weighted by Crippen LogP contribution is -2.36. The maximum absolute atomic E-state index is 12.2. The zero-order chi connectivity index (χ0) is 23.2. The van der Waals surface area contributed by atoms with Gasteiger partial charge in [-0.3, -0.25) is 9.78 Å². The number of rotatable bonds is 4. The molecule has 2 amide bonds. The number of imide groups is 1. The molecule has 0 atom stereocenters. The van der Waals surface area contributed by atoms with E-state index in [2.05, 4.69) is 20.1 Å². The first-order chi connectivity index (χ1) is 15.2. The quantitative estimate of drug-likeness (QED) is 0.552. The lowest BCUT2D eigenvalue weighted by Gasteiger charge is -2.14. The van der Waals surface area contributed by atoms with E-state index in [0.29, 0.717) is 27.5 Å². The fourth-order valence-electron chi connectivity index (χ4n) is 3.55. The summed E-state index contributed by atoms with van der Waals surface area (Å²) in [7, 11) is 1.56. The lowest BCUT2D eigenvalue weighted by molar-refractivity contribution is -0.116. The van der Waals surface area contributed by atoms with Gasteiger partial charge < -0.3 is 14.9 Å². The lowest BCUT2D eigenvalue weighted by atomic mass is 10.1. The molecule has 0 bridgehead atoms. The van der Waals surface area contributed by atoms with Crippen molar-refractivity contribution in [2.75, 3.05) is 17.8 Å². The largest absolute Gasteiger partial charge is 0.496 e. The van der Waals surface area contributed by atoms with Gasteiger partial charge in [0.05, 0.1) is 42.6 Å². The fourth-order valence-corrected chi connectivity index (χ4v) is 4.45. The normalized spacial score (nSPS) is 13.2. The Bertz CT molecular complexity index is 1280. The van der Waals surface area contributed by atoms with Crippen molar-refractivity contribution in [3.63, 3.8) is 0 Å². The van der Waals surface area contributed by atoms with Gasteiger partial charge in [-0.25, -0.2) is 19.3 Å². The summed E-state index contributed by atoms with van der Waals surface area (Å²) in [4.78, 5) is 48.0. The van der Waals surface area contributed by atoms with Gasteiger partial charge in [0.15, 0.2) is 5.65 Å². The Morgan fingerprint density at radius 3 is 2.62 bits per heavy atom. The van der Waals surface area contributed by atoms with E-state index in [1.807, 2.05) is 13.8 Å². The van der Waals surface area contributed by atoms with Gasteiger partial charge in [-0.15, -0.1) is 4.90 Å². The van der Waals surface area contributed by atoms with Crippen LogP contribution >= 0.6 is 11.8 Å². The van der Waals surface area contributed by atoms with Crippen molar-refractivity contribution in [3.05, 3.63) is 28.7 Å². The summed E-state index contributed by atoms with van der Waals surface area (Å²) in [6.07, 6.45) is -1.76. The Balaban J connectivity index is 1.92. The molecule has 0 radical (unpaired) electrons. The van der Waals surface area contributed by atoms with Crippen LogP contribution in [0.1, 0.15) is 22.5 Å². The van der Waals surface area contributed by atoms with Crippen LogP contribution in [0, 0.1) is 13.8 Å². The molecular formula is C19H18N6O6S. The van der Waals surface area contributed by atoms with Gasteiger partial charge in [0, 0.05) is 17.3 Å². The van der Waals surface area contributed by atoms with Crippen LogP contribution in [-0.4, -0.2) is 65.8 Å². The summed E-state index contributed by atoms with van der Waals surface area (Å²) in [6, 6.07) is 0. The van der Waals surface area contributed by atoms with E-state index in [1.54, 1.807) is 13.3 Å². The summed E-state index contributed by atoms with van der Waals surface area (Å²) < 4.78 is 6.93. The van der Waals surface area contributed by atoms with Gasteiger partial charge in [-0.2, -0.15) is 10.1 Å². The van der Waals surface area contributed by atoms with Crippen molar-refractivity contribution >= 4 is 46.7 Å². The number of hydrogen-bond acceptors (Lipinski definition) is 9. The smallest absolute Gasteiger partial charge is 0.424 e. The van der Waals surface area contributed by atoms with E-state index in [-0.39, 0.29) is 35.0 Å².